The molecule has 2 N–H and O–H groups in total. The number of carbonyl (C=O) groups is 1. The molecule has 2 aromatic carbocycles. The van der Waals surface area contributed by atoms with E-state index in [0.29, 0.717) is 11.6 Å². The van der Waals surface area contributed by atoms with Gasteiger partial charge in [-0.2, -0.15) is 26.3 Å². The van der Waals surface area contributed by atoms with Gasteiger partial charge in [0.1, 0.15) is 5.60 Å². The van der Waals surface area contributed by atoms with Crippen LogP contribution in [0.15, 0.2) is 41.6 Å². The van der Waals surface area contributed by atoms with Gasteiger partial charge in [-0.1, -0.05) is 52.6 Å². The van der Waals surface area contributed by atoms with Crippen LogP contribution in [0.5, 0.6) is 0 Å². The molecular weight excluding hydrogens is 563 g/mol. The Morgan fingerprint density at radius 3 is 2.24 bits per heavy atom. The molecule has 2 aromatic rings. The highest BCUT2D eigenvalue weighted by atomic mass is 35.5. The van der Waals surface area contributed by atoms with Crippen LogP contribution in [0.3, 0.4) is 0 Å². The highest BCUT2D eigenvalue weighted by Crippen LogP contribution is 2.51. The van der Waals surface area contributed by atoms with E-state index >= 15 is 0 Å². The Kier molecular flexibility index (Phi) is 6.31. The average Bonchev–Trinajstić information content (AvgIpc) is 3.50. The number of hydrogen-bond acceptors (Lipinski definition) is 4. The standard InChI is InChI=1S/C24H19Cl2F6N3O3/c25-17-8-14(7-16(19(17)26)23(27,28)29)22(24(30,31)32)9-18(34-38-22)12-1-3-13(4-2-12)21(37)10-35(11-21)20(36)33-15-5-6-15/h1-4,7-8,15,37H,5-6,9-11H2,(H,33,36). The normalized spacial score (nSPS) is 23.0. The summed E-state index contributed by atoms with van der Waals surface area (Å²) in [5, 5.41) is 15.6. The Labute approximate surface area is 222 Å². The van der Waals surface area contributed by atoms with E-state index in [1.165, 1.54) is 29.2 Å². The molecule has 1 atom stereocenters. The molecule has 6 nitrogen and oxygen atoms in total. The van der Waals surface area contributed by atoms with Gasteiger partial charge in [0.05, 0.1) is 34.4 Å². The first kappa shape index (κ1) is 26.9. The minimum Gasteiger partial charge on any atom is -0.381 e. The number of oxime groups is 1. The summed E-state index contributed by atoms with van der Waals surface area (Å²) in [6.45, 7) is 0.0933. The van der Waals surface area contributed by atoms with Crippen LogP contribution in [0.2, 0.25) is 10.0 Å². The zero-order valence-electron chi connectivity index (χ0n) is 19.3. The zero-order valence-corrected chi connectivity index (χ0v) is 20.8. The fourth-order valence-corrected chi connectivity index (χ4v) is 4.90. The van der Waals surface area contributed by atoms with Gasteiger partial charge >= 0.3 is 18.4 Å². The Bertz CT molecular complexity index is 1310. The number of halogens is 8. The lowest BCUT2D eigenvalue weighted by atomic mass is 9.83. The van der Waals surface area contributed by atoms with Crippen molar-refractivity contribution < 1.29 is 41.1 Å². The van der Waals surface area contributed by atoms with Crippen LogP contribution in [0.1, 0.15) is 41.5 Å². The summed E-state index contributed by atoms with van der Waals surface area (Å²) < 4.78 is 83.1. The highest BCUT2D eigenvalue weighted by Gasteiger charge is 2.63. The van der Waals surface area contributed by atoms with E-state index in [9.17, 15) is 36.2 Å². The Balaban J connectivity index is 1.36. The summed E-state index contributed by atoms with van der Waals surface area (Å²) in [6, 6.07) is 6.66. The number of alkyl halides is 6. The van der Waals surface area contributed by atoms with Gasteiger partial charge in [-0.25, -0.2) is 4.79 Å². The van der Waals surface area contributed by atoms with Gasteiger partial charge in [0.15, 0.2) is 0 Å². The molecule has 0 aromatic heterocycles. The molecule has 14 heteroatoms. The first-order chi connectivity index (χ1) is 17.6. The van der Waals surface area contributed by atoms with Crippen LogP contribution in [-0.4, -0.2) is 47.1 Å². The molecular formula is C24H19Cl2F6N3O3. The summed E-state index contributed by atoms with van der Waals surface area (Å²) in [7, 11) is 0. The van der Waals surface area contributed by atoms with E-state index in [1.54, 1.807) is 0 Å². The number of carbonyl (C=O) groups excluding carboxylic acids is 1. The van der Waals surface area contributed by atoms with Crippen LogP contribution in [0.25, 0.3) is 0 Å². The Hall–Kier alpha value is -2.70. The Morgan fingerprint density at radius 1 is 1.05 bits per heavy atom. The van der Waals surface area contributed by atoms with Crippen molar-refractivity contribution >= 4 is 34.9 Å². The van der Waals surface area contributed by atoms with E-state index in [-0.39, 0.29) is 42.5 Å². The van der Waals surface area contributed by atoms with Crippen molar-refractivity contribution in [2.75, 3.05) is 13.1 Å². The van der Waals surface area contributed by atoms with Gasteiger partial charge in [-0.15, -0.1) is 0 Å². The molecule has 2 heterocycles. The van der Waals surface area contributed by atoms with Crippen molar-refractivity contribution in [2.45, 2.75) is 48.9 Å². The van der Waals surface area contributed by atoms with Gasteiger partial charge in [-0.3, -0.25) is 0 Å². The van der Waals surface area contributed by atoms with E-state index < -0.39 is 51.1 Å². The number of nitrogens with one attached hydrogen (secondary N) is 1. The van der Waals surface area contributed by atoms with Crippen molar-refractivity contribution in [3.8, 4) is 0 Å². The number of rotatable bonds is 4. The van der Waals surface area contributed by atoms with Crippen molar-refractivity contribution in [3.63, 3.8) is 0 Å². The lowest BCUT2D eigenvalue weighted by molar-refractivity contribution is -0.276. The number of aliphatic hydroxyl groups is 1. The maximum absolute atomic E-state index is 14.3. The molecule has 1 unspecified atom stereocenters. The minimum absolute atomic E-state index is 0.0466. The van der Waals surface area contributed by atoms with Gasteiger partial charge in [0, 0.05) is 18.0 Å². The summed E-state index contributed by atoms with van der Waals surface area (Å²) in [5.41, 5.74) is -6.48. The molecule has 0 bridgehead atoms. The van der Waals surface area contributed by atoms with Crippen molar-refractivity contribution in [1.29, 1.82) is 0 Å². The largest absolute Gasteiger partial charge is 0.435 e. The number of urea groups is 1. The molecule has 1 aliphatic carbocycles. The van der Waals surface area contributed by atoms with E-state index in [1.807, 2.05) is 0 Å². The minimum atomic E-state index is -5.16. The van der Waals surface area contributed by atoms with Crippen LogP contribution < -0.4 is 5.32 Å². The lowest BCUT2D eigenvalue weighted by Gasteiger charge is -2.46. The van der Waals surface area contributed by atoms with Gasteiger partial charge in [0.25, 0.3) is 5.60 Å². The first-order valence-corrected chi connectivity index (χ1v) is 12.2. The molecule has 2 aliphatic heterocycles. The smallest absolute Gasteiger partial charge is 0.381 e. The zero-order chi connectivity index (χ0) is 27.7. The molecule has 2 amide bonds. The fourth-order valence-electron chi connectivity index (χ4n) is 4.46. The topological polar surface area (TPSA) is 74.2 Å². The van der Waals surface area contributed by atoms with Crippen molar-refractivity contribution in [1.82, 2.24) is 10.2 Å². The summed E-state index contributed by atoms with van der Waals surface area (Å²) in [5.74, 6) is 0. The first-order valence-electron chi connectivity index (χ1n) is 11.4. The maximum atomic E-state index is 14.3. The van der Waals surface area contributed by atoms with Crippen molar-refractivity contribution in [3.05, 3.63) is 68.7 Å². The van der Waals surface area contributed by atoms with Crippen LogP contribution in [-0.2, 0) is 22.2 Å². The number of β-amino-alcohol motifs (C(OH)–C–C–N with tert-alkyl or cyclic N) is 1. The third-order valence-corrected chi connectivity index (χ3v) is 7.64. The van der Waals surface area contributed by atoms with Gasteiger partial charge < -0.3 is 20.2 Å². The quantitative estimate of drug-likeness (QED) is 0.437. The monoisotopic (exact) mass is 581 g/mol. The highest BCUT2D eigenvalue weighted by molar-refractivity contribution is 6.42. The predicted octanol–water partition coefficient (Wildman–Crippen LogP) is 5.97. The second kappa shape index (κ2) is 8.92. The summed E-state index contributed by atoms with van der Waals surface area (Å²) in [6.07, 6.45) is -9.31. The number of amides is 2. The summed E-state index contributed by atoms with van der Waals surface area (Å²) in [4.78, 5) is 18.4. The molecule has 0 spiro atoms. The third kappa shape index (κ3) is 4.66. The molecule has 2 fully saturated rings. The molecule has 38 heavy (non-hydrogen) atoms. The average molecular weight is 582 g/mol. The maximum Gasteiger partial charge on any atom is 0.435 e. The van der Waals surface area contributed by atoms with Crippen LogP contribution in [0, 0.1) is 0 Å². The molecule has 1 saturated heterocycles. The second-order valence-electron chi connectivity index (χ2n) is 9.64. The Morgan fingerprint density at radius 2 is 1.68 bits per heavy atom. The second-order valence-corrected chi connectivity index (χ2v) is 10.4. The molecule has 0 radical (unpaired) electrons. The number of hydrogen-bond donors (Lipinski definition) is 2. The van der Waals surface area contributed by atoms with E-state index in [0.717, 1.165) is 12.8 Å². The van der Waals surface area contributed by atoms with Crippen LogP contribution in [0.4, 0.5) is 31.1 Å². The SMILES string of the molecule is O=C(NC1CC1)N1CC(O)(c2ccc(C3=NOC(c4cc(Cl)c(Cl)c(C(F)(F)F)c4)(C(F)(F)F)C3)cc2)C1. The fraction of sp³-hybridized carbons (Fsp3) is 0.417. The predicted molar refractivity (Wildman–Crippen MR) is 125 cm³/mol. The van der Waals surface area contributed by atoms with Crippen molar-refractivity contribution in [2.24, 2.45) is 5.16 Å². The lowest BCUT2D eigenvalue weighted by Crippen LogP contribution is -2.63. The number of likely N-dealkylation sites (tertiary alicyclic amines) is 1. The van der Waals surface area contributed by atoms with Gasteiger partial charge in [-0.05, 0) is 36.1 Å². The third-order valence-electron chi connectivity index (χ3n) is 6.84. The van der Waals surface area contributed by atoms with Gasteiger partial charge in [0.2, 0.25) is 0 Å². The van der Waals surface area contributed by atoms with E-state index in [4.69, 9.17) is 28.0 Å². The molecule has 1 saturated carbocycles. The molecule has 5 rings (SSSR count). The van der Waals surface area contributed by atoms with E-state index in [2.05, 4.69) is 10.5 Å². The number of benzene rings is 2. The van der Waals surface area contributed by atoms with Crippen LogP contribution >= 0.6 is 23.2 Å². The molecule has 204 valence electrons. The summed E-state index contributed by atoms with van der Waals surface area (Å²) >= 11 is 11.4. The number of nitrogens with zero attached hydrogens (tertiary/aromatic N) is 2. The molecule has 3 aliphatic rings.